The Hall–Kier alpha value is -3.15. The zero-order valence-electron chi connectivity index (χ0n) is 14.6. The summed E-state index contributed by atoms with van der Waals surface area (Å²) in [6.07, 6.45) is 1.10. The lowest BCUT2D eigenvalue weighted by Crippen LogP contribution is -2.43. The molecular formula is C20H21N3O3. The number of nitrogens with zero attached hydrogens (tertiary/aromatic N) is 1. The molecule has 1 amide bonds. The smallest absolute Gasteiger partial charge is 0.328 e. The van der Waals surface area contributed by atoms with Crippen molar-refractivity contribution in [3.05, 3.63) is 66.0 Å². The van der Waals surface area contributed by atoms with Gasteiger partial charge >= 0.3 is 5.97 Å². The van der Waals surface area contributed by atoms with E-state index < -0.39 is 12.0 Å². The third-order valence-corrected chi connectivity index (χ3v) is 4.13. The number of para-hydroxylation sites is 2. The maximum Gasteiger partial charge on any atom is 0.328 e. The number of fused-ring (bicyclic) bond motifs is 1. The Labute approximate surface area is 151 Å². The molecule has 0 bridgehead atoms. The maximum atomic E-state index is 12.3. The molecule has 0 aliphatic heterocycles. The van der Waals surface area contributed by atoms with E-state index in [2.05, 4.69) is 15.3 Å². The SMILES string of the molecule is COC(=O)C(Cc1ccccc1)NC(=O)CCc1nc2ccccc2[nH]1. The van der Waals surface area contributed by atoms with Crippen molar-refractivity contribution in [1.82, 2.24) is 15.3 Å². The topological polar surface area (TPSA) is 84.1 Å². The first-order valence-corrected chi connectivity index (χ1v) is 8.50. The molecule has 0 saturated heterocycles. The number of imidazole rings is 1. The van der Waals surface area contributed by atoms with E-state index in [0.717, 1.165) is 22.4 Å². The summed E-state index contributed by atoms with van der Waals surface area (Å²) in [6.45, 7) is 0. The molecule has 0 radical (unpaired) electrons. The Bertz CT molecular complexity index is 856. The van der Waals surface area contributed by atoms with E-state index in [1.165, 1.54) is 7.11 Å². The van der Waals surface area contributed by atoms with Crippen molar-refractivity contribution in [2.75, 3.05) is 7.11 Å². The molecule has 1 atom stereocenters. The third-order valence-electron chi connectivity index (χ3n) is 4.13. The van der Waals surface area contributed by atoms with Gasteiger partial charge in [-0.25, -0.2) is 9.78 Å². The van der Waals surface area contributed by atoms with Crippen LogP contribution in [0.1, 0.15) is 17.8 Å². The van der Waals surface area contributed by atoms with Crippen molar-refractivity contribution < 1.29 is 14.3 Å². The molecule has 2 N–H and O–H groups in total. The Morgan fingerprint density at radius 3 is 2.58 bits per heavy atom. The standard InChI is InChI=1S/C20H21N3O3/c1-26-20(25)17(13-14-7-3-2-4-8-14)23-19(24)12-11-18-21-15-9-5-6-10-16(15)22-18/h2-10,17H,11-13H2,1H3,(H,21,22)(H,23,24). The summed E-state index contributed by atoms with van der Waals surface area (Å²) >= 11 is 0. The van der Waals surface area contributed by atoms with E-state index in [1.807, 2.05) is 54.6 Å². The molecule has 6 heteroatoms. The van der Waals surface area contributed by atoms with Crippen LogP contribution in [0.25, 0.3) is 11.0 Å². The summed E-state index contributed by atoms with van der Waals surface area (Å²) in [7, 11) is 1.32. The van der Waals surface area contributed by atoms with Gasteiger partial charge in [0.1, 0.15) is 11.9 Å². The summed E-state index contributed by atoms with van der Waals surface area (Å²) in [5.41, 5.74) is 2.78. The molecule has 0 aliphatic rings. The van der Waals surface area contributed by atoms with Crippen molar-refractivity contribution in [2.24, 2.45) is 0 Å². The number of aromatic amines is 1. The minimum atomic E-state index is -0.703. The Balaban J connectivity index is 1.59. The number of ether oxygens (including phenoxy) is 1. The first-order chi connectivity index (χ1) is 12.7. The van der Waals surface area contributed by atoms with Crippen LogP contribution in [0.15, 0.2) is 54.6 Å². The molecule has 1 unspecified atom stereocenters. The molecule has 1 heterocycles. The lowest BCUT2D eigenvalue weighted by molar-refractivity contribution is -0.145. The molecule has 0 spiro atoms. The van der Waals surface area contributed by atoms with Crippen molar-refractivity contribution in [3.63, 3.8) is 0 Å². The second kappa shape index (κ2) is 8.29. The van der Waals surface area contributed by atoms with Gasteiger partial charge in [0.2, 0.25) is 5.91 Å². The molecule has 6 nitrogen and oxygen atoms in total. The number of H-pyrrole nitrogens is 1. The number of esters is 1. The van der Waals surface area contributed by atoms with Gasteiger partial charge in [-0.3, -0.25) is 4.79 Å². The first kappa shape index (κ1) is 17.7. The fraction of sp³-hybridized carbons (Fsp3) is 0.250. The molecule has 0 aliphatic carbocycles. The number of benzene rings is 2. The average molecular weight is 351 g/mol. The minimum absolute atomic E-state index is 0.211. The first-order valence-electron chi connectivity index (χ1n) is 8.50. The van der Waals surface area contributed by atoms with Crippen LogP contribution in [0, 0.1) is 0 Å². The summed E-state index contributed by atoms with van der Waals surface area (Å²) in [5.74, 6) is 0.0850. The number of carbonyl (C=O) groups excluding carboxylic acids is 2. The largest absolute Gasteiger partial charge is 0.467 e. The third kappa shape index (κ3) is 4.47. The summed E-state index contributed by atoms with van der Waals surface area (Å²) < 4.78 is 4.82. The molecule has 0 fully saturated rings. The minimum Gasteiger partial charge on any atom is -0.467 e. The van der Waals surface area contributed by atoms with E-state index in [-0.39, 0.29) is 12.3 Å². The van der Waals surface area contributed by atoms with E-state index in [9.17, 15) is 9.59 Å². The highest BCUT2D eigenvalue weighted by molar-refractivity contribution is 5.84. The van der Waals surface area contributed by atoms with Gasteiger partial charge in [0, 0.05) is 19.3 Å². The quantitative estimate of drug-likeness (QED) is 0.640. The highest BCUT2D eigenvalue weighted by atomic mass is 16.5. The average Bonchev–Trinajstić information content (AvgIpc) is 3.09. The van der Waals surface area contributed by atoms with Gasteiger partial charge in [-0.15, -0.1) is 0 Å². The number of amides is 1. The molecule has 3 rings (SSSR count). The van der Waals surface area contributed by atoms with Crippen LogP contribution in [0.4, 0.5) is 0 Å². The van der Waals surface area contributed by atoms with Gasteiger partial charge in [0.15, 0.2) is 0 Å². The van der Waals surface area contributed by atoms with Crippen molar-refractivity contribution in [3.8, 4) is 0 Å². The fourth-order valence-corrected chi connectivity index (χ4v) is 2.81. The molecule has 1 aromatic heterocycles. The number of aromatic nitrogens is 2. The van der Waals surface area contributed by atoms with Gasteiger partial charge in [0.25, 0.3) is 0 Å². The molecule has 0 saturated carbocycles. The fourth-order valence-electron chi connectivity index (χ4n) is 2.81. The highest BCUT2D eigenvalue weighted by Gasteiger charge is 2.22. The summed E-state index contributed by atoms with van der Waals surface area (Å²) in [6, 6.07) is 16.5. The van der Waals surface area contributed by atoms with Crippen LogP contribution in [-0.2, 0) is 27.2 Å². The number of aryl methyl sites for hydroxylation is 1. The monoisotopic (exact) mass is 351 g/mol. The van der Waals surface area contributed by atoms with Gasteiger partial charge in [-0.1, -0.05) is 42.5 Å². The lowest BCUT2D eigenvalue weighted by atomic mass is 10.1. The van der Waals surface area contributed by atoms with E-state index >= 15 is 0 Å². The number of hydrogen-bond acceptors (Lipinski definition) is 4. The number of hydrogen-bond donors (Lipinski definition) is 2. The van der Waals surface area contributed by atoms with Crippen LogP contribution in [-0.4, -0.2) is 35.0 Å². The number of rotatable bonds is 7. The van der Waals surface area contributed by atoms with Crippen LogP contribution < -0.4 is 5.32 Å². The molecular weight excluding hydrogens is 330 g/mol. The van der Waals surface area contributed by atoms with Gasteiger partial charge in [0.05, 0.1) is 18.1 Å². The van der Waals surface area contributed by atoms with Crippen LogP contribution >= 0.6 is 0 Å². The molecule has 3 aromatic rings. The van der Waals surface area contributed by atoms with E-state index in [1.54, 1.807) is 0 Å². The second-order valence-electron chi connectivity index (χ2n) is 6.03. The molecule has 26 heavy (non-hydrogen) atoms. The number of nitrogens with one attached hydrogen (secondary N) is 2. The summed E-state index contributed by atoms with van der Waals surface area (Å²) in [5, 5.41) is 2.77. The lowest BCUT2D eigenvalue weighted by Gasteiger charge is -2.16. The van der Waals surface area contributed by atoms with Crippen LogP contribution in [0.2, 0.25) is 0 Å². The molecule has 2 aromatic carbocycles. The Kier molecular flexibility index (Phi) is 5.63. The maximum absolute atomic E-state index is 12.3. The zero-order valence-corrected chi connectivity index (χ0v) is 14.6. The van der Waals surface area contributed by atoms with E-state index in [0.29, 0.717) is 12.8 Å². The number of methoxy groups -OCH3 is 1. The van der Waals surface area contributed by atoms with Crippen molar-refractivity contribution in [2.45, 2.75) is 25.3 Å². The second-order valence-corrected chi connectivity index (χ2v) is 6.03. The van der Waals surface area contributed by atoms with Gasteiger partial charge in [-0.2, -0.15) is 0 Å². The van der Waals surface area contributed by atoms with Crippen LogP contribution in [0.3, 0.4) is 0 Å². The Morgan fingerprint density at radius 1 is 1.12 bits per heavy atom. The van der Waals surface area contributed by atoms with Crippen LogP contribution in [0.5, 0.6) is 0 Å². The predicted octanol–water partition coefficient (Wildman–Crippen LogP) is 2.40. The van der Waals surface area contributed by atoms with Gasteiger partial charge < -0.3 is 15.0 Å². The number of carbonyl (C=O) groups is 2. The van der Waals surface area contributed by atoms with Crippen molar-refractivity contribution in [1.29, 1.82) is 0 Å². The predicted molar refractivity (Wildman–Crippen MR) is 98.5 cm³/mol. The van der Waals surface area contributed by atoms with Gasteiger partial charge in [-0.05, 0) is 17.7 Å². The normalized spacial score (nSPS) is 11.9. The zero-order chi connectivity index (χ0) is 18.4. The summed E-state index contributed by atoms with van der Waals surface area (Å²) in [4.78, 5) is 31.9. The molecule has 134 valence electrons. The highest BCUT2D eigenvalue weighted by Crippen LogP contribution is 2.11. The van der Waals surface area contributed by atoms with E-state index in [4.69, 9.17) is 4.74 Å². The van der Waals surface area contributed by atoms with Crippen molar-refractivity contribution >= 4 is 22.9 Å². The Morgan fingerprint density at radius 2 is 1.85 bits per heavy atom.